The minimum atomic E-state index is -0.232. The van der Waals surface area contributed by atoms with Gasteiger partial charge in [-0.3, -0.25) is 4.79 Å². The molecule has 3 rings (SSSR count). The Morgan fingerprint density at radius 2 is 1.72 bits per heavy atom. The summed E-state index contributed by atoms with van der Waals surface area (Å²) in [5.74, 6) is -0.232. The van der Waals surface area contributed by atoms with Crippen molar-refractivity contribution in [2.75, 3.05) is 20.6 Å². The molecule has 0 saturated carbocycles. The van der Waals surface area contributed by atoms with E-state index in [4.69, 9.17) is 0 Å². The van der Waals surface area contributed by atoms with Gasteiger partial charge < -0.3 is 10.2 Å². The highest BCUT2D eigenvalue weighted by Gasteiger charge is 2.17. The fourth-order valence-corrected chi connectivity index (χ4v) is 2.63. The molecule has 0 spiro atoms. The van der Waals surface area contributed by atoms with E-state index in [0.29, 0.717) is 12.2 Å². The van der Waals surface area contributed by atoms with Crippen molar-refractivity contribution in [3.8, 4) is 5.69 Å². The second kappa shape index (κ2) is 7.72. The van der Waals surface area contributed by atoms with Crippen molar-refractivity contribution in [1.82, 2.24) is 25.2 Å². The van der Waals surface area contributed by atoms with Crippen molar-refractivity contribution in [1.29, 1.82) is 0 Å². The van der Waals surface area contributed by atoms with Gasteiger partial charge in [-0.05, 0) is 31.8 Å². The summed E-state index contributed by atoms with van der Waals surface area (Å²) in [6, 6.07) is 19.8. The third-order valence-corrected chi connectivity index (χ3v) is 4.01. The smallest absolute Gasteiger partial charge is 0.273 e. The average molecular weight is 335 g/mol. The van der Waals surface area contributed by atoms with E-state index < -0.39 is 0 Å². The molecule has 0 saturated heterocycles. The Hall–Kier alpha value is -2.99. The predicted octanol–water partition coefficient (Wildman–Crippen LogP) is 2.30. The lowest BCUT2D eigenvalue weighted by Gasteiger charge is -2.24. The van der Waals surface area contributed by atoms with Crippen LogP contribution in [0.4, 0.5) is 0 Å². The van der Waals surface area contributed by atoms with Crippen molar-refractivity contribution in [3.63, 3.8) is 0 Å². The fraction of sp³-hybridized carbons (Fsp3) is 0.211. The molecule has 0 radical (unpaired) electrons. The van der Waals surface area contributed by atoms with Crippen LogP contribution in [0.25, 0.3) is 5.69 Å². The molecular formula is C19H21N5O. The number of nitrogens with zero attached hydrogens (tertiary/aromatic N) is 4. The minimum Gasteiger partial charge on any atom is -0.349 e. The maximum atomic E-state index is 12.4. The van der Waals surface area contributed by atoms with E-state index in [1.807, 2.05) is 62.6 Å². The van der Waals surface area contributed by atoms with Crippen molar-refractivity contribution >= 4 is 5.91 Å². The molecule has 0 fully saturated rings. The van der Waals surface area contributed by atoms with E-state index in [1.165, 1.54) is 0 Å². The lowest BCUT2D eigenvalue weighted by Crippen LogP contribution is -2.34. The summed E-state index contributed by atoms with van der Waals surface area (Å²) < 4.78 is 1.59. The van der Waals surface area contributed by atoms with Gasteiger partial charge in [0.2, 0.25) is 0 Å². The maximum Gasteiger partial charge on any atom is 0.273 e. The molecule has 1 amide bonds. The van der Waals surface area contributed by atoms with Crippen LogP contribution in [0.1, 0.15) is 22.1 Å². The summed E-state index contributed by atoms with van der Waals surface area (Å²) in [6.45, 7) is 0.494. The van der Waals surface area contributed by atoms with E-state index >= 15 is 0 Å². The second-order valence-corrected chi connectivity index (χ2v) is 5.98. The molecule has 1 heterocycles. The molecule has 1 N–H and O–H groups in total. The van der Waals surface area contributed by atoms with Gasteiger partial charge in [0.05, 0.1) is 17.9 Å². The Balaban J connectivity index is 1.67. The number of hydrogen-bond acceptors (Lipinski definition) is 4. The van der Waals surface area contributed by atoms with Crippen molar-refractivity contribution in [2.45, 2.75) is 6.04 Å². The summed E-state index contributed by atoms with van der Waals surface area (Å²) in [6.07, 6.45) is 1.64. The predicted molar refractivity (Wildman–Crippen MR) is 96.6 cm³/mol. The first-order valence-corrected chi connectivity index (χ1v) is 8.12. The highest BCUT2D eigenvalue weighted by Crippen LogP contribution is 2.16. The zero-order valence-corrected chi connectivity index (χ0v) is 14.3. The number of carbonyl (C=O) groups is 1. The van der Waals surface area contributed by atoms with Gasteiger partial charge in [0, 0.05) is 6.54 Å². The molecule has 1 atom stereocenters. The Labute approximate surface area is 147 Å². The van der Waals surface area contributed by atoms with Gasteiger partial charge >= 0.3 is 0 Å². The highest BCUT2D eigenvalue weighted by molar-refractivity contribution is 5.91. The second-order valence-electron chi connectivity index (χ2n) is 5.98. The summed E-state index contributed by atoms with van der Waals surface area (Å²) in [5, 5.41) is 10.9. The Morgan fingerprint density at radius 1 is 1.08 bits per heavy atom. The monoisotopic (exact) mass is 335 g/mol. The van der Waals surface area contributed by atoms with E-state index in [0.717, 1.165) is 11.3 Å². The number of carbonyl (C=O) groups excluding carboxylic acids is 1. The Kier molecular flexibility index (Phi) is 5.20. The number of amides is 1. The number of hydrogen-bond donors (Lipinski definition) is 1. The van der Waals surface area contributed by atoms with Crippen LogP contribution < -0.4 is 5.32 Å². The van der Waals surface area contributed by atoms with Crippen LogP contribution in [0.2, 0.25) is 0 Å². The lowest BCUT2D eigenvalue weighted by molar-refractivity contribution is 0.0937. The molecule has 6 nitrogen and oxygen atoms in total. The molecule has 2 aromatic carbocycles. The fourth-order valence-electron chi connectivity index (χ4n) is 2.63. The molecule has 128 valence electrons. The zero-order chi connectivity index (χ0) is 17.6. The van der Waals surface area contributed by atoms with Gasteiger partial charge in [-0.25, -0.2) is 4.68 Å². The number of rotatable bonds is 6. The number of aromatic nitrogens is 3. The molecule has 6 heteroatoms. The van der Waals surface area contributed by atoms with Gasteiger partial charge in [0.25, 0.3) is 5.91 Å². The van der Waals surface area contributed by atoms with E-state index in [2.05, 4.69) is 32.7 Å². The first-order valence-electron chi connectivity index (χ1n) is 8.12. The van der Waals surface area contributed by atoms with Gasteiger partial charge in [-0.1, -0.05) is 53.7 Å². The van der Waals surface area contributed by atoms with E-state index in [9.17, 15) is 4.79 Å². The maximum absolute atomic E-state index is 12.4. The third-order valence-electron chi connectivity index (χ3n) is 4.01. The molecule has 0 aliphatic rings. The van der Waals surface area contributed by atoms with Gasteiger partial charge in [0.1, 0.15) is 0 Å². The van der Waals surface area contributed by atoms with Crippen molar-refractivity contribution < 1.29 is 4.79 Å². The largest absolute Gasteiger partial charge is 0.349 e. The molecule has 0 unspecified atom stereocenters. The summed E-state index contributed by atoms with van der Waals surface area (Å²) in [4.78, 5) is 14.5. The van der Waals surface area contributed by atoms with Crippen LogP contribution in [-0.2, 0) is 0 Å². The van der Waals surface area contributed by atoms with Gasteiger partial charge in [0.15, 0.2) is 5.69 Å². The molecule has 0 aliphatic heterocycles. The molecular weight excluding hydrogens is 314 g/mol. The normalized spacial score (nSPS) is 12.1. The first kappa shape index (κ1) is 16.9. The summed E-state index contributed by atoms with van der Waals surface area (Å²) in [7, 11) is 3.99. The molecule has 25 heavy (non-hydrogen) atoms. The van der Waals surface area contributed by atoms with Crippen LogP contribution in [0.15, 0.2) is 66.9 Å². The van der Waals surface area contributed by atoms with E-state index in [1.54, 1.807) is 10.9 Å². The molecule has 0 bridgehead atoms. The first-order chi connectivity index (χ1) is 12.1. The number of benzene rings is 2. The number of para-hydroxylation sites is 1. The van der Waals surface area contributed by atoms with E-state index in [-0.39, 0.29) is 11.9 Å². The average Bonchev–Trinajstić information content (AvgIpc) is 3.13. The van der Waals surface area contributed by atoms with Crippen LogP contribution in [0.5, 0.6) is 0 Å². The minimum absolute atomic E-state index is 0.0920. The highest BCUT2D eigenvalue weighted by atomic mass is 16.2. The quantitative estimate of drug-likeness (QED) is 0.751. The Morgan fingerprint density at radius 3 is 2.36 bits per heavy atom. The van der Waals surface area contributed by atoms with Crippen LogP contribution in [0.3, 0.4) is 0 Å². The number of likely N-dealkylation sites (N-methyl/N-ethyl adjacent to an activating group) is 1. The third kappa shape index (κ3) is 4.10. The molecule has 1 aromatic heterocycles. The Bertz CT molecular complexity index is 814. The van der Waals surface area contributed by atoms with Crippen molar-refractivity contribution in [3.05, 3.63) is 78.1 Å². The van der Waals surface area contributed by atoms with Crippen LogP contribution in [0, 0.1) is 0 Å². The van der Waals surface area contributed by atoms with Crippen LogP contribution in [-0.4, -0.2) is 46.4 Å². The zero-order valence-electron chi connectivity index (χ0n) is 14.3. The van der Waals surface area contributed by atoms with Gasteiger partial charge in [-0.2, -0.15) is 0 Å². The van der Waals surface area contributed by atoms with Gasteiger partial charge in [-0.15, -0.1) is 5.10 Å². The van der Waals surface area contributed by atoms with Crippen LogP contribution >= 0.6 is 0 Å². The summed E-state index contributed by atoms with van der Waals surface area (Å²) in [5.41, 5.74) is 2.32. The summed E-state index contributed by atoms with van der Waals surface area (Å²) >= 11 is 0. The molecule has 0 aliphatic carbocycles. The SMILES string of the molecule is CN(C)[C@H](CNC(=O)c1cn(-c2ccccc2)nn1)c1ccccc1. The van der Waals surface area contributed by atoms with Crippen molar-refractivity contribution in [2.24, 2.45) is 0 Å². The lowest BCUT2D eigenvalue weighted by atomic mass is 10.1. The topological polar surface area (TPSA) is 63.1 Å². The standard InChI is InChI=1S/C19H21N5O/c1-23(2)18(15-9-5-3-6-10-15)13-20-19(25)17-14-24(22-21-17)16-11-7-4-8-12-16/h3-12,14,18H,13H2,1-2H3,(H,20,25)/t18-/m1/s1. The molecule has 3 aromatic rings. The number of nitrogens with one attached hydrogen (secondary N) is 1.